The van der Waals surface area contributed by atoms with Gasteiger partial charge in [0.1, 0.15) is 16.5 Å². The molecule has 6 nitrogen and oxygen atoms in total. The van der Waals surface area contributed by atoms with Gasteiger partial charge in [0.25, 0.3) is 0 Å². The lowest BCUT2D eigenvalue weighted by Crippen LogP contribution is -2.02. The monoisotopic (exact) mass is 288 g/mol. The normalized spacial score (nSPS) is 10.7. The van der Waals surface area contributed by atoms with Gasteiger partial charge in [-0.05, 0) is 12.1 Å². The fourth-order valence-electron chi connectivity index (χ4n) is 1.88. The van der Waals surface area contributed by atoms with Crippen LogP contribution in [0.25, 0.3) is 17.0 Å². The van der Waals surface area contributed by atoms with E-state index in [0.717, 1.165) is 5.69 Å². The molecule has 0 spiro atoms. The molecule has 0 saturated heterocycles. The third-order valence-electron chi connectivity index (χ3n) is 2.80. The summed E-state index contributed by atoms with van der Waals surface area (Å²) in [5.41, 5.74) is 2.40. The second kappa shape index (κ2) is 4.90. The Labute approximate surface area is 119 Å². The van der Waals surface area contributed by atoms with Crippen LogP contribution in [0.3, 0.4) is 0 Å². The highest BCUT2D eigenvalue weighted by molar-refractivity contribution is 6.29. The fourth-order valence-corrected chi connectivity index (χ4v) is 2.03. The first-order valence-electron chi connectivity index (χ1n) is 5.72. The Morgan fingerprint density at radius 2 is 2.20 bits per heavy atom. The first kappa shape index (κ1) is 12.6. The number of hydrogen-bond donors (Lipinski definition) is 0. The molecule has 0 amide bonds. The molecule has 0 unspecified atom stereocenters. The van der Waals surface area contributed by atoms with Gasteiger partial charge in [0, 0.05) is 6.20 Å². The summed E-state index contributed by atoms with van der Waals surface area (Å²) in [4.78, 5) is 23.9. The van der Waals surface area contributed by atoms with Gasteiger partial charge in [-0.15, -0.1) is 0 Å². The van der Waals surface area contributed by atoms with Gasteiger partial charge in [0.2, 0.25) is 0 Å². The molecule has 3 aromatic rings. The van der Waals surface area contributed by atoms with Gasteiger partial charge in [-0.2, -0.15) is 0 Å². The molecule has 7 heteroatoms. The predicted molar refractivity (Wildman–Crippen MR) is 72.6 cm³/mol. The number of hydrogen-bond acceptors (Lipinski definition) is 5. The number of halogens is 1. The van der Waals surface area contributed by atoms with Gasteiger partial charge in [-0.25, -0.2) is 14.8 Å². The maximum atomic E-state index is 11.5. The van der Waals surface area contributed by atoms with Crippen molar-refractivity contribution in [3.05, 3.63) is 47.6 Å². The number of carbonyl (C=O) groups excluding carboxylic acids is 1. The summed E-state index contributed by atoms with van der Waals surface area (Å²) in [6.45, 7) is 0. The summed E-state index contributed by atoms with van der Waals surface area (Å²) in [6.07, 6.45) is 6.44. The van der Waals surface area contributed by atoms with Gasteiger partial charge in [-0.3, -0.25) is 9.38 Å². The third kappa shape index (κ3) is 2.10. The van der Waals surface area contributed by atoms with E-state index < -0.39 is 5.97 Å². The SMILES string of the molecule is COC(=O)c1ccn2c(-c3cncc(Cl)n3)cnc2c1. The molecule has 0 aromatic carbocycles. The van der Waals surface area contributed by atoms with Crippen LogP contribution >= 0.6 is 11.6 Å². The molecule has 0 radical (unpaired) electrons. The van der Waals surface area contributed by atoms with Crippen molar-refractivity contribution < 1.29 is 9.53 Å². The Morgan fingerprint density at radius 3 is 2.95 bits per heavy atom. The Morgan fingerprint density at radius 1 is 1.35 bits per heavy atom. The van der Waals surface area contributed by atoms with Crippen LogP contribution in [0.2, 0.25) is 5.15 Å². The quantitative estimate of drug-likeness (QED) is 0.676. The van der Waals surface area contributed by atoms with Crippen LogP contribution in [0.5, 0.6) is 0 Å². The Hall–Kier alpha value is -2.47. The largest absolute Gasteiger partial charge is 0.465 e. The van der Waals surface area contributed by atoms with E-state index in [2.05, 4.69) is 19.7 Å². The van der Waals surface area contributed by atoms with Crippen molar-refractivity contribution in [2.75, 3.05) is 7.11 Å². The predicted octanol–water partition coefficient (Wildman–Crippen LogP) is 2.23. The molecule has 0 aliphatic rings. The molecule has 3 heterocycles. The summed E-state index contributed by atoms with van der Waals surface area (Å²) in [6, 6.07) is 3.30. The van der Waals surface area contributed by atoms with Crippen molar-refractivity contribution >= 4 is 23.2 Å². The third-order valence-corrected chi connectivity index (χ3v) is 2.98. The Balaban J connectivity index is 2.13. The number of pyridine rings is 1. The van der Waals surface area contributed by atoms with Gasteiger partial charge in [0.15, 0.2) is 0 Å². The van der Waals surface area contributed by atoms with E-state index >= 15 is 0 Å². The number of esters is 1. The van der Waals surface area contributed by atoms with Crippen LogP contribution in [-0.2, 0) is 4.74 Å². The zero-order valence-corrected chi connectivity index (χ0v) is 11.2. The summed E-state index contributed by atoms with van der Waals surface area (Å²) >= 11 is 5.83. The highest BCUT2D eigenvalue weighted by Crippen LogP contribution is 2.20. The highest BCUT2D eigenvalue weighted by atomic mass is 35.5. The van der Waals surface area contributed by atoms with Crippen LogP contribution in [-0.4, -0.2) is 32.4 Å². The minimum atomic E-state index is -0.403. The van der Waals surface area contributed by atoms with E-state index in [4.69, 9.17) is 11.6 Å². The standard InChI is InChI=1S/C13H9ClN4O2/c1-20-13(19)8-2-3-18-10(6-16-12(18)4-8)9-5-15-7-11(14)17-9/h2-7H,1H3. The fraction of sp³-hybridized carbons (Fsp3) is 0.0769. The first-order valence-corrected chi connectivity index (χ1v) is 6.10. The smallest absolute Gasteiger partial charge is 0.338 e. The molecule has 0 atom stereocenters. The van der Waals surface area contributed by atoms with Gasteiger partial charge in [0.05, 0.1) is 37.0 Å². The number of aromatic nitrogens is 4. The number of fused-ring (bicyclic) bond motifs is 1. The van der Waals surface area contributed by atoms with E-state index in [9.17, 15) is 4.79 Å². The zero-order chi connectivity index (χ0) is 14.1. The number of imidazole rings is 1. The lowest BCUT2D eigenvalue weighted by molar-refractivity contribution is 0.0600. The summed E-state index contributed by atoms with van der Waals surface area (Å²) < 4.78 is 6.47. The van der Waals surface area contributed by atoms with Crippen LogP contribution in [0.15, 0.2) is 36.9 Å². The number of nitrogens with zero attached hydrogens (tertiary/aromatic N) is 4. The minimum absolute atomic E-state index is 0.309. The molecule has 3 aromatic heterocycles. The van der Waals surface area contributed by atoms with E-state index in [1.807, 2.05) is 0 Å². The molecule has 0 saturated carbocycles. The molecule has 0 aliphatic heterocycles. The molecule has 0 aliphatic carbocycles. The number of ether oxygens (including phenoxy) is 1. The molecule has 3 rings (SSSR count). The molecule has 100 valence electrons. The molecular formula is C13H9ClN4O2. The zero-order valence-electron chi connectivity index (χ0n) is 10.4. The van der Waals surface area contributed by atoms with Crippen molar-refractivity contribution in [3.63, 3.8) is 0 Å². The second-order valence-electron chi connectivity index (χ2n) is 4.01. The van der Waals surface area contributed by atoms with Gasteiger partial charge < -0.3 is 4.74 Å². The van der Waals surface area contributed by atoms with Crippen molar-refractivity contribution in [2.45, 2.75) is 0 Å². The number of methoxy groups -OCH3 is 1. The van der Waals surface area contributed by atoms with Crippen molar-refractivity contribution in [1.29, 1.82) is 0 Å². The maximum absolute atomic E-state index is 11.5. The van der Waals surface area contributed by atoms with Crippen LogP contribution in [0.4, 0.5) is 0 Å². The average Bonchev–Trinajstić information content (AvgIpc) is 2.89. The van der Waals surface area contributed by atoms with Crippen molar-refractivity contribution in [3.8, 4) is 11.4 Å². The summed E-state index contributed by atoms with van der Waals surface area (Å²) in [7, 11) is 1.34. The lowest BCUT2D eigenvalue weighted by atomic mass is 10.2. The molecular weight excluding hydrogens is 280 g/mol. The maximum Gasteiger partial charge on any atom is 0.338 e. The Kier molecular flexibility index (Phi) is 3.08. The molecule has 0 fully saturated rings. The molecule has 20 heavy (non-hydrogen) atoms. The van der Waals surface area contributed by atoms with E-state index in [-0.39, 0.29) is 0 Å². The van der Waals surface area contributed by atoms with Crippen LogP contribution < -0.4 is 0 Å². The minimum Gasteiger partial charge on any atom is -0.465 e. The van der Waals surface area contributed by atoms with Gasteiger partial charge in [-0.1, -0.05) is 11.6 Å². The van der Waals surface area contributed by atoms with Crippen molar-refractivity contribution in [2.24, 2.45) is 0 Å². The van der Waals surface area contributed by atoms with E-state index in [1.54, 1.807) is 35.1 Å². The van der Waals surface area contributed by atoms with E-state index in [0.29, 0.717) is 22.1 Å². The Bertz CT molecular complexity index is 800. The van der Waals surface area contributed by atoms with Crippen molar-refractivity contribution in [1.82, 2.24) is 19.4 Å². The topological polar surface area (TPSA) is 69.4 Å². The highest BCUT2D eigenvalue weighted by Gasteiger charge is 2.11. The van der Waals surface area contributed by atoms with Crippen LogP contribution in [0, 0.1) is 0 Å². The van der Waals surface area contributed by atoms with Crippen LogP contribution in [0.1, 0.15) is 10.4 Å². The first-order chi connectivity index (χ1) is 9.69. The summed E-state index contributed by atoms with van der Waals surface area (Å²) in [5.74, 6) is -0.403. The van der Waals surface area contributed by atoms with Gasteiger partial charge >= 0.3 is 5.97 Å². The molecule has 0 bridgehead atoms. The molecule has 0 N–H and O–H groups in total. The lowest BCUT2D eigenvalue weighted by Gasteiger charge is -2.03. The summed E-state index contributed by atoms with van der Waals surface area (Å²) in [5, 5.41) is 0.309. The number of rotatable bonds is 2. The average molecular weight is 289 g/mol. The second-order valence-corrected chi connectivity index (χ2v) is 4.39. The number of carbonyl (C=O) groups is 1. The van der Waals surface area contributed by atoms with E-state index in [1.165, 1.54) is 13.3 Å².